The van der Waals surface area contributed by atoms with Crippen molar-refractivity contribution in [2.24, 2.45) is 7.05 Å². The van der Waals surface area contributed by atoms with Gasteiger partial charge in [-0.2, -0.15) is 0 Å². The number of aromatic nitrogens is 4. The number of carbonyl (C=O) groups excluding carboxylic acids is 1. The molecule has 0 aliphatic rings. The number of thioether (sulfide) groups is 1. The topological polar surface area (TPSA) is 104 Å². The second-order valence-corrected chi connectivity index (χ2v) is 8.58. The van der Waals surface area contributed by atoms with Crippen molar-refractivity contribution in [3.05, 3.63) is 70.6 Å². The van der Waals surface area contributed by atoms with Gasteiger partial charge in [-0.15, -0.1) is 10.2 Å². The Hall–Kier alpha value is -3.79. The Morgan fingerprint density at radius 1 is 1.12 bits per heavy atom. The molecule has 0 fully saturated rings. The molecule has 4 aromatic rings. The van der Waals surface area contributed by atoms with Crippen LogP contribution in [0.15, 0.2) is 69.0 Å². The summed E-state index contributed by atoms with van der Waals surface area (Å²) in [5.74, 6) is 0.730. The fourth-order valence-corrected chi connectivity index (χ4v) is 3.93. The van der Waals surface area contributed by atoms with Crippen LogP contribution in [0.5, 0.6) is 5.75 Å². The molecule has 9 nitrogen and oxygen atoms in total. The van der Waals surface area contributed by atoms with Crippen molar-refractivity contribution in [1.29, 1.82) is 0 Å². The van der Waals surface area contributed by atoms with Gasteiger partial charge < -0.3 is 14.5 Å². The molecule has 0 unspecified atom stereocenters. The van der Waals surface area contributed by atoms with Crippen molar-refractivity contribution in [3.8, 4) is 22.9 Å². The van der Waals surface area contributed by atoms with Crippen molar-refractivity contribution < 1.29 is 13.9 Å². The molecule has 1 atom stereocenters. The molecule has 1 amide bonds. The van der Waals surface area contributed by atoms with E-state index >= 15 is 0 Å². The van der Waals surface area contributed by atoms with Crippen LogP contribution < -0.4 is 15.6 Å². The summed E-state index contributed by atoms with van der Waals surface area (Å²) in [5.41, 5.74) is 2.05. The van der Waals surface area contributed by atoms with Crippen molar-refractivity contribution in [3.63, 3.8) is 0 Å². The van der Waals surface area contributed by atoms with Crippen molar-refractivity contribution in [2.45, 2.75) is 24.3 Å². The SMILES string of the molecule is COc1ccc(-c2nnc(S[C@H](C)C(=O)Nc3c(C)n(C)n(-c4ccccc4)c3=O)o2)cc1. The molecular weight excluding hydrogens is 442 g/mol. The van der Waals surface area contributed by atoms with Gasteiger partial charge in [-0.1, -0.05) is 30.0 Å². The maximum Gasteiger partial charge on any atom is 0.295 e. The molecule has 0 spiro atoms. The number of ether oxygens (including phenoxy) is 1. The number of nitrogens with zero attached hydrogens (tertiary/aromatic N) is 4. The van der Waals surface area contributed by atoms with Crippen LogP contribution in [0.1, 0.15) is 12.6 Å². The Labute approximate surface area is 194 Å². The molecule has 2 aromatic carbocycles. The summed E-state index contributed by atoms with van der Waals surface area (Å²) in [6.07, 6.45) is 0. The van der Waals surface area contributed by atoms with Crippen LogP contribution in [0, 0.1) is 6.92 Å². The number of anilines is 1. The minimum absolute atomic E-state index is 0.239. The number of amides is 1. The molecule has 4 rings (SSSR count). The van der Waals surface area contributed by atoms with E-state index in [1.54, 1.807) is 44.8 Å². The average molecular weight is 466 g/mol. The Morgan fingerprint density at radius 2 is 1.82 bits per heavy atom. The molecule has 0 saturated carbocycles. The fraction of sp³-hybridized carbons (Fsp3) is 0.217. The Balaban J connectivity index is 1.48. The number of methoxy groups -OCH3 is 1. The first-order valence-corrected chi connectivity index (χ1v) is 11.1. The van der Waals surface area contributed by atoms with Crippen LogP contribution in [0.2, 0.25) is 0 Å². The third-order valence-corrected chi connectivity index (χ3v) is 6.13. The quantitative estimate of drug-likeness (QED) is 0.415. The molecule has 170 valence electrons. The second-order valence-electron chi connectivity index (χ2n) is 7.29. The molecule has 0 aliphatic carbocycles. The van der Waals surface area contributed by atoms with E-state index in [-0.39, 0.29) is 22.4 Å². The zero-order valence-electron chi connectivity index (χ0n) is 18.6. The number of rotatable bonds is 7. The molecular formula is C23H23N5O4S. The monoisotopic (exact) mass is 465 g/mol. The van der Waals surface area contributed by atoms with Gasteiger partial charge in [0.2, 0.25) is 11.8 Å². The van der Waals surface area contributed by atoms with Gasteiger partial charge in [-0.3, -0.25) is 14.3 Å². The Morgan fingerprint density at radius 3 is 2.48 bits per heavy atom. The maximum atomic E-state index is 13.0. The van der Waals surface area contributed by atoms with E-state index in [1.807, 2.05) is 42.5 Å². The third-order valence-electron chi connectivity index (χ3n) is 5.19. The van der Waals surface area contributed by atoms with Crippen molar-refractivity contribution in [1.82, 2.24) is 19.6 Å². The summed E-state index contributed by atoms with van der Waals surface area (Å²) in [6, 6.07) is 16.5. The molecule has 0 saturated heterocycles. The first kappa shape index (κ1) is 22.4. The van der Waals surface area contributed by atoms with Crippen molar-refractivity contribution >= 4 is 23.4 Å². The lowest BCUT2D eigenvalue weighted by Crippen LogP contribution is -2.27. The van der Waals surface area contributed by atoms with E-state index in [4.69, 9.17) is 9.15 Å². The highest BCUT2D eigenvalue weighted by atomic mass is 32.2. The predicted octanol–water partition coefficient (Wildman–Crippen LogP) is 3.66. The van der Waals surface area contributed by atoms with Gasteiger partial charge in [0, 0.05) is 12.6 Å². The number of hydrogen-bond acceptors (Lipinski definition) is 7. The highest BCUT2D eigenvalue weighted by molar-refractivity contribution is 8.00. The van der Waals surface area contributed by atoms with Crippen LogP contribution >= 0.6 is 11.8 Å². The molecule has 10 heteroatoms. The van der Waals surface area contributed by atoms with E-state index < -0.39 is 5.25 Å². The van der Waals surface area contributed by atoms with E-state index in [1.165, 1.54) is 4.68 Å². The minimum Gasteiger partial charge on any atom is -0.497 e. The summed E-state index contributed by atoms with van der Waals surface area (Å²) in [5, 5.41) is 10.5. The van der Waals surface area contributed by atoms with Crippen LogP contribution in [-0.2, 0) is 11.8 Å². The average Bonchev–Trinajstić information content (AvgIpc) is 3.38. The molecule has 33 heavy (non-hydrogen) atoms. The Bertz CT molecular complexity index is 1330. The summed E-state index contributed by atoms with van der Waals surface area (Å²) in [4.78, 5) is 25.8. The zero-order valence-corrected chi connectivity index (χ0v) is 19.4. The van der Waals surface area contributed by atoms with Crippen LogP contribution in [0.4, 0.5) is 5.69 Å². The highest BCUT2D eigenvalue weighted by Gasteiger charge is 2.23. The predicted molar refractivity (Wildman–Crippen MR) is 126 cm³/mol. The molecule has 0 radical (unpaired) electrons. The van der Waals surface area contributed by atoms with E-state index in [9.17, 15) is 9.59 Å². The molecule has 2 heterocycles. The number of para-hydroxylation sites is 1. The van der Waals surface area contributed by atoms with Gasteiger partial charge in [0.25, 0.3) is 10.8 Å². The van der Waals surface area contributed by atoms with Gasteiger partial charge in [-0.25, -0.2) is 4.68 Å². The molecule has 2 aromatic heterocycles. The van der Waals surface area contributed by atoms with Crippen LogP contribution in [0.3, 0.4) is 0 Å². The second kappa shape index (κ2) is 9.37. The van der Waals surface area contributed by atoms with Gasteiger partial charge in [0.15, 0.2) is 0 Å². The van der Waals surface area contributed by atoms with E-state index in [0.29, 0.717) is 17.3 Å². The van der Waals surface area contributed by atoms with Crippen LogP contribution in [-0.4, -0.2) is 37.8 Å². The van der Waals surface area contributed by atoms with Gasteiger partial charge >= 0.3 is 0 Å². The summed E-state index contributed by atoms with van der Waals surface area (Å²) < 4.78 is 14.1. The third kappa shape index (κ3) is 4.56. The Kier molecular flexibility index (Phi) is 6.36. The first-order chi connectivity index (χ1) is 15.9. The van der Waals surface area contributed by atoms with Gasteiger partial charge in [0.05, 0.1) is 23.7 Å². The van der Waals surface area contributed by atoms with E-state index in [2.05, 4.69) is 15.5 Å². The number of hydrogen-bond donors (Lipinski definition) is 1. The number of benzene rings is 2. The number of nitrogens with one attached hydrogen (secondary N) is 1. The fourth-order valence-electron chi connectivity index (χ4n) is 3.25. The summed E-state index contributed by atoms with van der Waals surface area (Å²) >= 11 is 1.12. The lowest BCUT2D eigenvalue weighted by molar-refractivity contribution is -0.115. The number of carbonyl (C=O) groups is 1. The van der Waals surface area contributed by atoms with Crippen LogP contribution in [0.25, 0.3) is 17.1 Å². The maximum absolute atomic E-state index is 13.0. The lowest BCUT2D eigenvalue weighted by atomic mass is 10.2. The van der Waals surface area contributed by atoms with Crippen molar-refractivity contribution in [2.75, 3.05) is 12.4 Å². The molecule has 1 N–H and O–H groups in total. The molecule has 0 aliphatic heterocycles. The highest BCUT2D eigenvalue weighted by Crippen LogP contribution is 2.28. The largest absolute Gasteiger partial charge is 0.497 e. The lowest BCUT2D eigenvalue weighted by Gasteiger charge is -2.09. The summed E-state index contributed by atoms with van der Waals surface area (Å²) in [7, 11) is 3.37. The first-order valence-electron chi connectivity index (χ1n) is 10.2. The summed E-state index contributed by atoms with van der Waals surface area (Å²) in [6.45, 7) is 3.50. The normalized spacial score (nSPS) is 11.9. The standard InChI is InChI=1S/C23H23N5O4S/c1-14-19(22(30)28(27(14)3)17-8-6-5-7-9-17)24-20(29)15(2)33-23-26-25-21(32-23)16-10-12-18(31-4)13-11-16/h5-13,15H,1-4H3,(H,24,29)/t15-/m1/s1. The zero-order chi connectivity index (χ0) is 23.5. The van der Waals surface area contributed by atoms with Gasteiger partial charge in [-0.05, 0) is 50.2 Å². The smallest absolute Gasteiger partial charge is 0.295 e. The minimum atomic E-state index is -0.571. The molecule has 0 bridgehead atoms. The van der Waals surface area contributed by atoms with E-state index in [0.717, 1.165) is 23.1 Å². The van der Waals surface area contributed by atoms with Gasteiger partial charge in [0.1, 0.15) is 11.4 Å².